The lowest BCUT2D eigenvalue weighted by atomic mass is 10.1. The fraction of sp³-hybridized carbons (Fsp3) is 0.500. The number of likely N-dealkylation sites (tertiary alicyclic amines) is 1. The predicted molar refractivity (Wildman–Crippen MR) is 63.6 cm³/mol. The molecule has 92 valence electrons. The number of amides is 1. The van der Waals surface area contributed by atoms with Crippen LogP contribution in [0.5, 0.6) is 5.75 Å². The van der Waals surface area contributed by atoms with Crippen LogP contribution in [0.2, 0.25) is 0 Å². The summed E-state index contributed by atoms with van der Waals surface area (Å²) in [7, 11) is 0. The summed E-state index contributed by atoms with van der Waals surface area (Å²) in [4.78, 5) is 17.8. The zero-order chi connectivity index (χ0) is 12.4. The Balaban J connectivity index is 2.15. The van der Waals surface area contributed by atoms with Gasteiger partial charge < -0.3 is 15.7 Å². The Kier molecular flexibility index (Phi) is 3.28. The molecule has 0 aromatic carbocycles. The van der Waals surface area contributed by atoms with E-state index in [0.717, 1.165) is 6.42 Å². The van der Waals surface area contributed by atoms with Gasteiger partial charge in [-0.15, -0.1) is 0 Å². The molecule has 0 bridgehead atoms. The van der Waals surface area contributed by atoms with Crippen molar-refractivity contribution in [3.05, 3.63) is 24.0 Å². The third-order valence-electron chi connectivity index (χ3n) is 3.23. The quantitative estimate of drug-likeness (QED) is 0.786. The topological polar surface area (TPSA) is 79.5 Å². The maximum Gasteiger partial charge on any atom is 0.255 e. The maximum atomic E-state index is 12.2. The number of aromatic nitrogens is 1. The van der Waals surface area contributed by atoms with E-state index in [1.165, 1.54) is 18.5 Å². The Morgan fingerprint density at radius 1 is 1.65 bits per heavy atom. The molecule has 0 radical (unpaired) electrons. The Morgan fingerprint density at radius 2 is 2.41 bits per heavy atom. The first kappa shape index (κ1) is 11.9. The normalized spacial score (nSPS) is 24.0. The first-order valence-corrected chi connectivity index (χ1v) is 5.77. The van der Waals surface area contributed by atoms with E-state index in [4.69, 9.17) is 5.73 Å². The highest BCUT2D eigenvalue weighted by Gasteiger charge is 2.32. The molecule has 1 fully saturated rings. The molecular weight excluding hydrogens is 218 g/mol. The van der Waals surface area contributed by atoms with Crippen LogP contribution in [0.3, 0.4) is 0 Å². The zero-order valence-electron chi connectivity index (χ0n) is 9.84. The first-order chi connectivity index (χ1) is 8.11. The van der Waals surface area contributed by atoms with Gasteiger partial charge in [-0.1, -0.05) is 0 Å². The van der Waals surface area contributed by atoms with Crippen molar-refractivity contribution in [2.75, 3.05) is 13.1 Å². The largest absolute Gasteiger partial charge is 0.506 e. The third kappa shape index (κ3) is 2.39. The second kappa shape index (κ2) is 4.71. The summed E-state index contributed by atoms with van der Waals surface area (Å²) in [5.41, 5.74) is 6.06. The van der Waals surface area contributed by atoms with Gasteiger partial charge in [0.2, 0.25) is 0 Å². The second-order valence-electron chi connectivity index (χ2n) is 4.58. The maximum absolute atomic E-state index is 12.2. The number of hydrogen-bond acceptors (Lipinski definition) is 4. The molecule has 5 heteroatoms. The summed E-state index contributed by atoms with van der Waals surface area (Å²) in [6.45, 7) is 3.31. The number of nitrogens with two attached hydrogens (primary N) is 1. The van der Waals surface area contributed by atoms with Gasteiger partial charge in [-0.3, -0.25) is 9.78 Å². The molecule has 5 nitrogen and oxygen atoms in total. The average Bonchev–Trinajstić information content (AvgIpc) is 2.69. The van der Waals surface area contributed by atoms with Crippen molar-refractivity contribution in [1.29, 1.82) is 0 Å². The smallest absolute Gasteiger partial charge is 0.255 e. The van der Waals surface area contributed by atoms with Crippen LogP contribution >= 0.6 is 0 Å². The number of hydrogen-bond donors (Lipinski definition) is 2. The van der Waals surface area contributed by atoms with Crippen LogP contribution in [0.25, 0.3) is 0 Å². The van der Waals surface area contributed by atoms with Gasteiger partial charge in [0.1, 0.15) is 5.75 Å². The van der Waals surface area contributed by atoms with E-state index in [1.54, 1.807) is 4.90 Å². The van der Waals surface area contributed by atoms with Gasteiger partial charge in [-0.25, -0.2) is 0 Å². The van der Waals surface area contributed by atoms with Crippen molar-refractivity contribution in [2.45, 2.75) is 19.4 Å². The fourth-order valence-electron chi connectivity index (χ4n) is 2.31. The van der Waals surface area contributed by atoms with Crippen molar-refractivity contribution >= 4 is 5.91 Å². The molecule has 2 unspecified atom stereocenters. The highest BCUT2D eigenvalue weighted by molar-refractivity contribution is 5.94. The molecule has 0 spiro atoms. The van der Waals surface area contributed by atoms with Crippen LogP contribution in [0.1, 0.15) is 23.7 Å². The molecule has 2 rings (SSSR count). The number of aromatic hydroxyl groups is 1. The molecular formula is C12H17N3O2. The SMILES string of the molecule is CC1CC(CN)CN1C(=O)c1cncc(O)c1. The highest BCUT2D eigenvalue weighted by atomic mass is 16.3. The van der Waals surface area contributed by atoms with Crippen LogP contribution in [0, 0.1) is 5.92 Å². The molecule has 1 aliphatic rings. The summed E-state index contributed by atoms with van der Waals surface area (Å²) < 4.78 is 0. The first-order valence-electron chi connectivity index (χ1n) is 5.77. The molecule has 1 amide bonds. The molecule has 1 saturated heterocycles. The lowest BCUT2D eigenvalue weighted by Gasteiger charge is -2.21. The summed E-state index contributed by atoms with van der Waals surface area (Å²) in [5, 5.41) is 9.32. The minimum absolute atomic E-state index is 0.0121. The van der Waals surface area contributed by atoms with Gasteiger partial charge in [0, 0.05) is 18.8 Å². The van der Waals surface area contributed by atoms with E-state index in [-0.39, 0.29) is 17.7 Å². The summed E-state index contributed by atoms with van der Waals surface area (Å²) in [5.74, 6) is 0.300. The van der Waals surface area contributed by atoms with Crippen LogP contribution in [-0.2, 0) is 0 Å². The number of carbonyl (C=O) groups excluding carboxylic acids is 1. The van der Waals surface area contributed by atoms with Crippen LogP contribution < -0.4 is 5.73 Å². The number of nitrogens with zero attached hydrogens (tertiary/aromatic N) is 2. The number of carbonyl (C=O) groups is 1. The van der Waals surface area contributed by atoms with Gasteiger partial charge in [0.25, 0.3) is 5.91 Å². The summed E-state index contributed by atoms with van der Waals surface area (Å²) in [6.07, 6.45) is 3.73. The minimum Gasteiger partial charge on any atom is -0.506 e. The monoisotopic (exact) mass is 235 g/mol. The van der Waals surface area contributed by atoms with Gasteiger partial charge in [0.15, 0.2) is 0 Å². The van der Waals surface area contributed by atoms with E-state index < -0.39 is 0 Å². The molecule has 1 aromatic rings. The van der Waals surface area contributed by atoms with E-state index >= 15 is 0 Å². The van der Waals surface area contributed by atoms with Crippen molar-refractivity contribution < 1.29 is 9.90 Å². The Morgan fingerprint density at radius 3 is 3.00 bits per heavy atom. The average molecular weight is 235 g/mol. The third-order valence-corrected chi connectivity index (χ3v) is 3.23. The van der Waals surface area contributed by atoms with Gasteiger partial charge >= 0.3 is 0 Å². The van der Waals surface area contributed by atoms with E-state index in [1.807, 2.05) is 6.92 Å². The molecule has 1 aliphatic heterocycles. The van der Waals surface area contributed by atoms with E-state index in [9.17, 15) is 9.90 Å². The van der Waals surface area contributed by atoms with Gasteiger partial charge in [-0.2, -0.15) is 0 Å². The number of rotatable bonds is 2. The zero-order valence-corrected chi connectivity index (χ0v) is 9.84. The van der Waals surface area contributed by atoms with Crippen LogP contribution in [0.15, 0.2) is 18.5 Å². The van der Waals surface area contributed by atoms with Crippen molar-refractivity contribution in [3.8, 4) is 5.75 Å². The minimum atomic E-state index is -0.0862. The Labute approximate surface area is 100 Å². The lowest BCUT2D eigenvalue weighted by molar-refractivity contribution is 0.0742. The van der Waals surface area contributed by atoms with Gasteiger partial charge in [-0.05, 0) is 31.9 Å². The van der Waals surface area contributed by atoms with Crippen molar-refractivity contribution in [1.82, 2.24) is 9.88 Å². The Bertz CT molecular complexity index is 422. The van der Waals surface area contributed by atoms with Crippen LogP contribution in [-0.4, -0.2) is 40.0 Å². The van der Waals surface area contributed by atoms with Crippen LogP contribution in [0.4, 0.5) is 0 Å². The lowest BCUT2D eigenvalue weighted by Crippen LogP contribution is -2.34. The molecule has 2 heterocycles. The molecule has 2 atom stereocenters. The molecule has 17 heavy (non-hydrogen) atoms. The summed E-state index contributed by atoms with van der Waals surface area (Å²) in [6, 6.07) is 1.64. The van der Waals surface area contributed by atoms with E-state index in [2.05, 4.69) is 4.98 Å². The second-order valence-corrected chi connectivity index (χ2v) is 4.58. The predicted octanol–water partition coefficient (Wildman–Crippen LogP) is 0.596. The fourth-order valence-corrected chi connectivity index (χ4v) is 2.31. The van der Waals surface area contributed by atoms with Crippen molar-refractivity contribution in [2.24, 2.45) is 11.7 Å². The molecule has 0 saturated carbocycles. The highest BCUT2D eigenvalue weighted by Crippen LogP contribution is 2.24. The van der Waals surface area contributed by atoms with Crippen molar-refractivity contribution in [3.63, 3.8) is 0 Å². The van der Waals surface area contributed by atoms with Gasteiger partial charge in [0.05, 0.1) is 11.8 Å². The molecule has 0 aliphatic carbocycles. The summed E-state index contributed by atoms with van der Waals surface area (Å²) >= 11 is 0. The van der Waals surface area contributed by atoms with E-state index in [0.29, 0.717) is 24.6 Å². The Hall–Kier alpha value is -1.62. The molecule has 1 aromatic heterocycles. The number of pyridine rings is 1. The molecule has 3 N–H and O–H groups in total. The standard InChI is InChI=1S/C12H17N3O2/c1-8-2-9(4-13)7-15(8)12(17)10-3-11(16)6-14-5-10/h3,5-6,8-9,16H,2,4,7,13H2,1H3.